The standard InChI is InChI=1S/C63H141N27O3/c64-7-19-76-31-43-82-37-25-70-13-1-49-88(50-2-14-71-26-38-83-44-32-77-20-8-65)61(91)58-55-59(62(92)89(51-3-15-72-27-39-84-45-33-78-21-9-66)52-4-16-73-28-40-85-46-34-79-22-10-67)57-60(56-58)63(93)90(53-5-17-74-29-41-86-47-35-80-23-11-68)54-6-18-75-30-42-87-48-36-81-24-12-69/h55-57,70-87H,1-54,64-69H2. The van der Waals surface area contributed by atoms with Gasteiger partial charge in [-0.05, 0) is 96.0 Å². The molecule has 30 nitrogen and oxygen atoms in total. The first-order valence-electron chi connectivity index (χ1n) is 35.8. The molecule has 93 heavy (non-hydrogen) atoms. The summed E-state index contributed by atoms with van der Waals surface area (Å²) in [5.74, 6) is -0.592. The molecule has 0 aliphatic carbocycles. The third kappa shape index (κ3) is 54.4. The Morgan fingerprint density at radius 3 is 0.452 bits per heavy atom. The van der Waals surface area contributed by atoms with Gasteiger partial charge in [0.1, 0.15) is 0 Å². The SMILES string of the molecule is NCCNCCNCCNCCCN(CCCNCCNCCNCCN)C(=O)c1cc(C(=O)N(CCCNCCNCCNCCN)CCCNCCNCCNCCN)cc(C(=O)N(CCCNCCNCCNCCN)CCCNCCNCCNCCN)c1. The summed E-state index contributed by atoms with van der Waals surface area (Å²) in [7, 11) is 0. The van der Waals surface area contributed by atoms with E-state index in [-0.39, 0.29) is 17.7 Å². The summed E-state index contributed by atoms with van der Waals surface area (Å²) in [6.45, 7) is 35.7. The highest BCUT2D eigenvalue weighted by molar-refractivity contribution is 6.04. The molecule has 0 aliphatic heterocycles. The molecule has 0 saturated carbocycles. The van der Waals surface area contributed by atoms with Crippen molar-refractivity contribution in [2.75, 3.05) is 314 Å². The van der Waals surface area contributed by atoms with Crippen LogP contribution >= 0.6 is 0 Å². The fraction of sp³-hybridized carbons (Fsp3) is 0.857. The van der Waals surface area contributed by atoms with Crippen molar-refractivity contribution in [1.29, 1.82) is 0 Å². The second-order valence-corrected chi connectivity index (χ2v) is 23.0. The molecule has 1 rings (SSSR count). The van der Waals surface area contributed by atoms with E-state index in [9.17, 15) is 0 Å². The van der Waals surface area contributed by atoms with Crippen LogP contribution in [-0.4, -0.2) is 347 Å². The van der Waals surface area contributed by atoms with Crippen molar-refractivity contribution in [3.63, 3.8) is 0 Å². The van der Waals surface area contributed by atoms with E-state index in [0.717, 1.165) is 274 Å². The number of rotatable bonds is 75. The normalized spacial score (nSPS) is 11.5. The van der Waals surface area contributed by atoms with Crippen LogP contribution in [-0.2, 0) is 0 Å². The first-order valence-corrected chi connectivity index (χ1v) is 35.8. The zero-order valence-corrected chi connectivity index (χ0v) is 57.9. The average molecular weight is 1330 g/mol. The smallest absolute Gasteiger partial charge is 0.253 e. The van der Waals surface area contributed by atoms with Crippen LogP contribution in [0.15, 0.2) is 18.2 Å². The van der Waals surface area contributed by atoms with Crippen molar-refractivity contribution >= 4 is 17.7 Å². The van der Waals surface area contributed by atoms with E-state index in [1.165, 1.54) is 0 Å². The van der Waals surface area contributed by atoms with E-state index in [1.54, 1.807) is 18.2 Å². The third-order valence-corrected chi connectivity index (χ3v) is 14.9. The van der Waals surface area contributed by atoms with Crippen molar-refractivity contribution in [1.82, 2.24) is 110 Å². The predicted molar refractivity (Wildman–Crippen MR) is 388 cm³/mol. The Morgan fingerprint density at radius 2 is 0.323 bits per heavy atom. The van der Waals surface area contributed by atoms with Gasteiger partial charge in [0.2, 0.25) is 0 Å². The van der Waals surface area contributed by atoms with Crippen LogP contribution in [0.3, 0.4) is 0 Å². The Hall–Kier alpha value is -3.33. The second-order valence-electron chi connectivity index (χ2n) is 23.0. The number of amides is 3. The summed E-state index contributed by atoms with van der Waals surface area (Å²) >= 11 is 0. The number of nitrogens with two attached hydrogens (primary N) is 6. The molecule has 0 unspecified atom stereocenters. The van der Waals surface area contributed by atoms with E-state index in [2.05, 4.69) is 95.7 Å². The molecule has 30 N–H and O–H groups in total. The van der Waals surface area contributed by atoms with Crippen molar-refractivity contribution in [2.45, 2.75) is 38.5 Å². The van der Waals surface area contributed by atoms with Gasteiger partial charge in [-0.2, -0.15) is 0 Å². The van der Waals surface area contributed by atoms with Gasteiger partial charge < -0.3 is 145 Å². The second kappa shape index (κ2) is 70.0. The number of hydrogen-bond donors (Lipinski definition) is 24. The van der Waals surface area contributed by atoms with Gasteiger partial charge in [-0.1, -0.05) is 0 Å². The highest BCUT2D eigenvalue weighted by Crippen LogP contribution is 2.19. The number of hydrogen-bond acceptors (Lipinski definition) is 27. The van der Waals surface area contributed by atoms with Gasteiger partial charge in [-0.25, -0.2) is 0 Å². The molecule has 0 heterocycles. The molecule has 0 saturated heterocycles. The van der Waals surface area contributed by atoms with Gasteiger partial charge in [0.25, 0.3) is 17.7 Å². The van der Waals surface area contributed by atoms with Gasteiger partial charge in [0, 0.05) is 292 Å². The Morgan fingerprint density at radius 1 is 0.204 bits per heavy atom. The molecule has 0 radical (unpaired) electrons. The topological polar surface area (TPSA) is 434 Å². The highest BCUT2D eigenvalue weighted by Gasteiger charge is 2.25. The molecule has 1 aromatic carbocycles. The molecule has 0 bridgehead atoms. The van der Waals surface area contributed by atoms with Gasteiger partial charge in [-0.3, -0.25) is 14.4 Å². The van der Waals surface area contributed by atoms with E-state index in [0.29, 0.717) is 95.2 Å². The van der Waals surface area contributed by atoms with Gasteiger partial charge in [0.05, 0.1) is 0 Å². The summed E-state index contributed by atoms with van der Waals surface area (Å²) in [5, 5.41) is 61.9. The zero-order chi connectivity index (χ0) is 67.2. The molecule has 30 heteroatoms. The molecule has 3 amide bonds. The molecule has 1 aromatic rings. The Balaban J connectivity index is 3.65. The molecule has 0 spiro atoms. The van der Waals surface area contributed by atoms with Crippen LogP contribution in [0.1, 0.15) is 69.6 Å². The third-order valence-electron chi connectivity index (χ3n) is 14.9. The lowest BCUT2D eigenvalue weighted by molar-refractivity contribution is 0.0748. The van der Waals surface area contributed by atoms with Crippen molar-refractivity contribution in [3.8, 4) is 0 Å². The van der Waals surface area contributed by atoms with Crippen molar-refractivity contribution in [2.24, 2.45) is 34.4 Å². The van der Waals surface area contributed by atoms with Crippen LogP contribution in [0, 0.1) is 0 Å². The van der Waals surface area contributed by atoms with Crippen LogP contribution in [0.4, 0.5) is 0 Å². The number of benzene rings is 1. The molecule has 0 atom stereocenters. The van der Waals surface area contributed by atoms with Crippen LogP contribution in [0.5, 0.6) is 0 Å². The Bertz CT molecular complexity index is 1500. The van der Waals surface area contributed by atoms with Gasteiger partial charge in [-0.15, -0.1) is 0 Å². The first kappa shape index (κ1) is 87.7. The lowest BCUT2D eigenvalue weighted by atomic mass is 10.0. The lowest BCUT2D eigenvalue weighted by Crippen LogP contribution is -2.39. The summed E-state index contributed by atoms with van der Waals surface area (Å²) in [4.78, 5) is 51.6. The van der Waals surface area contributed by atoms with E-state index in [4.69, 9.17) is 34.4 Å². The molecule has 0 fully saturated rings. The lowest BCUT2D eigenvalue weighted by Gasteiger charge is -2.27. The minimum atomic E-state index is -0.197. The summed E-state index contributed by atoms with van der Waals surface area (Å²) in [5.41, 5.74) is 34.8. The number of nitrogens with zero attached hydrogens (tertiary/aromatic N) is 3. The minimum Gasteiger partial charge on any atom is -0.339 e. The first-order chi connectivity index (χ1) is 45.9. The van der Waals surface area contributed by atoms with Crippen molar-refractivity contribution < 1.29 is 14.4 Å². The van der Waals surface area contributed by atoms with Gasteiger partial charge in [0.15, 0.2) is 0 Å². The molecule has 546 valence electrons. The summed E-state index contributed by atoms with van der Waals surface area (Å²) < 4.78 is 0. The maximum atomic E-state index is 15.3. The van der Waals surface area contributed by atoms with Gasteiger partial charge >= 0.3 is 0 Å². The molecular formula is C63H141N27O3. The fourth-order valence-electron chi connectivity index (χ4n) is 9.84. The maximum absolute atomic E-state index is 15.3. The number of nitrogens with one attached hydrogen (secondary N) is 18. The monoisotopic (exact) mass is 1320 g/mol. The van der Waals surface area contributed by atoms with Crippen LogP contribution < -0.4 is 130 Å². The molecular weight excluding hydrogens is 1180 g/mol. The molecule has 0 aromatic heterocycles. The predicted octanol–water partition coefficient (Wildman–Crippen LogP) is -8.28. The average Bonchev–Trinajstić information content (AvgIpc) is 1.22. The summed E-state index contributed by atoms with van der Waals surface area (Å²) in [6, 6.07) is 5.21. The molecule has 0 aliphatic rings. The highest BCUT2D eigenvalue weighted by atomic mass is 16.2. The largest absolute Gasteiger partial charge is 0.339 e. The Labute approximate surface area is 562 Å². The zero-order valence-electron chi connectivity index (χ0n) is 57.9. The Kier molecular flexibility index (Phi) is 66.0. The summed E-state index contributed by atoms with van der Waals surface area (Å²) in [6.07, 6.45) is 4.36. The number of carbonyl (C=O) groups is 3. The van der Waals surface area contributed by atoms with E-state index < -0.39 is 0 Å². The minimum absolute atomic E-state index is 0.197. The fourth-order valence-corrected chi connectivity index (χ4v) is 9.84. The quantitative estimate of drug-likeness (QED) is 0.0269. The maximum Gasteiger partial charge on any atom is 0.253 e. The van der Waals surface area contributed by atoms with Crippen molar-refractivity contribution in [3.05, 3.63) is 34.9 Å². The van der Waals surface area contributed by atoms with Crippen LogP contribution in [0.2, 0.25) is 0 Å². The van der Waals surface area contributed by atoms with E-state index >= 15 is 14.4 Å². The van der Waals surface area contributed by atoms with Crippen LogP contribution in [0.25, 0.3) is 0 Å². The number of carbonyl (C=O) groups excluding carboxylic acids is 3. The van der Waals surface area contributed by atoms with E-state index in [1.807, 2.05) is 14.7 Å².